The van der Waals surface area contributed by atoms with E-state index in [0.717, 1.165) is 38.8 Å². The van der Waals surface area contributed by atoms with Gasteiger partial charge in [-0.15, -0.1) is 0 Å². The predicted octanol–water partition coefficient (Wildman–Crippen LogP) is 1.66. The summed E-state index contributed by atoms with van der Waals surface area (Å²) in [6, 6.07) is 0. The van der Waals surface area contributed by atoms with Gasteiger partial charge in [-0.25, -0.2) is 0 Å². The predicted molar refractivity (Wildman–Crippen MR) is 74.8 cm³/mol. The Hall–Kier alpha value is -0.160. The topological polar surface area (TPSA) is 24.9 Å². The molecule has 108 valence electrons. The second kappa shape index (κ2) is 8.86. The number of rotatable bonds is 8. The van der Waals surface area contributed by atoms with Gasteiger partial charge in [-0.3, -0.25) is 4.90 Å². The molecule has 0 N–H and O–H groups in total. The third-order valence-corrected chi connectivity index (χ3v) is 3.20. The van der Waals surface area contributed by atoms with E-state index in [9.17, 15) is 0 Å². The minimum absolute atomic E-state index is 0.0587. The number of hydrogen-bond acceptors (Lipinski definition) is 4. The summed E-state index contributed by atoms with van der Waals surface area (Å²) in [4.78, 5) is 5.00. The largest absolute Gasteiger partial charge is 0.352 e. The smallest absolute Gasteiger partial charge is 0.170 e. The lowest BCUT2D eigenvalue weighted by atomic mass is 10.2. The van der Waals surface area contributed by atoms with Gasteiger partial charge in [-0.05, 0) is 19.8 Å². The first-order valence-corrected chi connectivity index (χ1v) is 7.33. The molecule has 1 heterocycles. The average molecular weight is 258 g/mol. The van der Waals surface area contributed by atoms with E-state index < -0.39 is 0 Å². The van der Waals surface area contributed by atoms with Gasteiger partial charge in [-0.2, -0.15) is 0 Å². The molecule has 0 saturated carbocycles. The quantitative estimate of drug-likeness (QED) is 0.618. The summed E-state index contributed by atoms with van der Waals surface area (Å²) in [6.45, 7) is 16.8. The zero-order chi connectivity index (χ0) is 13.4. The Morgan fingerprint density at radius 2 is 1.28 bits per heavy atom. The Bertz CT molecular complexity index is 198. The molecule has 0 amide bonds. The molecule has 0 radical (unpaired) electrons. The molecule has 0 bridgehead atoms. The first kappa shape index (κ1) is 15.9. The third-order valence-electron chi connectivity index (χ3n) is 3.20. The lowest BCUT2D eigenvalue weighted by molar-refractivity contribution is -0.149. The lowest BCUT2D eigenvalue weighted by Crippen LogP contribution is -2.49. The van der Waals surface area contributed by atoms with Gasteiger partial charge in [0, 0.05) is 52.5 Å². The lowest BCUT2D eigenvalue weighted by Gasteiger charge is -2.36. The van der Waals surface area contributed by atoms with Crippen LogP contribution in [0.15, 0.2) is 0 Å². The van der Waals surface area contributed by atoms with Crippen molar-refractivity contribution in [3.05, 3.63) is 0 Å². The molecule has 1 aliphatic heterocycles. The van der Waals surface area contributed by atoms with Gasteiger partial charge in [0.05, 0.1) is 0 Å². The van der Waals surface area contributed by atoms with Crippen molar-refractivity contribution in [3.8, 4) is 0 Å². The molecule has 0 aromatic heterocycles. The maximum absolute atomic E-state index is 5.60. The molecular formula is C14H30N2O2. The number of piperazine rings is 1. The highest BCUT2D eigenvalue weighted by Crippen LogP contribution is 2.07. The van der Waals surface area contributed by atoms with Crippen molar-refractivity contribution < 1.29 is 9.47 Å². The van der Waals surface area contributed by atoms with E-state index >= 15 is 0 Å². The molecule has 1 aliphatic rings. The molecule has 0 spiro atoms. The molecule has 4 nitrogen and oxygen atoms in total. The Kier molecular flexibility index (Phi) is 7.82. The van der Waals surface area contributed by atoms with Crippen molar-refractivity contribution in [2.24, 2.45) is 5.92 Å². The van der Waals surface area contributed by atoms with Crippen LogP contribution in [0, 0.1) is 5.92 Å². The summed E-state index contributed by atoms with van der Waals surface area (Å²) in [6.07, 6.45) is -0.0587. The van der Waals surface area contributed by atoms with Gasteiger partial charge in [-0.1, -0.05) is 13.8 Å². The summed E-state index contributed by atoms with van der Waals surface area (Å²) < 4.78 is 11.2. The van der Waals surface area contributed by atoms with Crippen molar-refractivity contribution >= 4 is 0 Å². The van der Waals surface area contributed by atoms with Crippen LogP contribution in [0.2, 0.25) is 0 Å². The molecule has 0 aromatic rings. The summed E-state index contributed by atoms with van der Waals surface area (Å²) >= 11 is 0. The normalized spacial score (nSPS) is 19.0. The second-order valence-electron chi connectivity index (χ2n) is 5.34. The van der Waals surface area contributed by atoms with Crippen molar-refractivity contribution in [1.29, 1.82) is 0 Å². The van der Waals surface area contributed by atoms with Gasteiger partial charge in [0.15, 0.2) is 6.29 Å². The Morgan fingerprint density at radius 3 is 1.67 bits per heavy atom. The minimum Gasteiger partial charge on any atom is -0.352 e. The van der Waals surface area contributed by atoms with Crippen LogP contribution >= 0.6 is 0 Å². The highest BCUT2D eigenvalue weighted by Gasteiger charge is 2.20. The first-order chi connectivity index (χ1) is 8.65. The highest BCUT2D eigenvalue weighted by atomic mass is 16.7. The van der Waals surface area contributed by atoms with Crippen molar-refractivity contribution in [2.45, 2.75) is 34.0 Å². The van der Waals surface area contributed by atoms with E-state index in [0.29, 0.717) is 0 Å². The van der Waals surface area contributed by atoms with E-state index in [-0.39, 0.29) is 6.29 Å². The van der Waals surface area contributed by atoms with E-state index in [2.05, 4.69) is 23.6 Å². The van der Waals surface area contributed by atoms with Crippen molar-refractivity contribution in [1.82, 2.24) is 9.80 Å². The summed E-state index contributed by atoms with van der Waals surface area (Å²) in [5.41, 5.74) is 0. The molecule has 18 heavy (non-hydrogen) atoms. The molecule has 1 fully saturated rings. The van der Waals surface area contributed by atoms with Crippen LogP contribution in [0.25, 0.3) is 0 Å². The molecule has 1 saturated heterocycles. The van der Waals surface area contributed by atoms with E-state index in [4.69, 9.17) is 9.47 Å². The number of ether oxygens (including phenoxy) is 2. The summed E-state index contributed by atoms with van der Waals surface area (Å²) in [5, 5.41) is 0. The molecule has 0 unspecified atom stereocenters. The van der Waals surface area contributed by atoms with Crippen molar-refractivity contribution in [2.75, 3.05) is 52.5 Å². The minimum atomic E-state index is -0.0587. The summed E-state index contributed by atoms with van der Waals surface area (Å²) in [7, 11) is 0. The van der Waals surface area contributed by atoms with Gasteiger partial charge in [0.2, 0.25) is 0 Å². The summed E-state index contributed by atoms with van der Waals surface area (Å²) in [5.74, 6) is 0.760. The van der Waals surface area contributed by atoms with E-state index in [1.54, 1.807) is 0 Å². The molecule has 0 atom stereocenters. The number of hydrogen-bond donors (Lipinski definition) is 0. The van der Waals surface area contributed by atoms with E-state index in [1.165, 1.54) is 19.6 Å². The standard InChI is InChI=1S/C14H30N2O2/c1-5-17-14(18-6-2)12-16-9-7-15(8-10-16)11-13(3)4/h13-14H,5-12H2,1-4H3. The SMILES string of the molecule is CCOC(CN1CCN(CC(C)C)CC1)OCC. The van der Waals surface area contributed by atoms with Crippen LogP contribution in [0.3, 0.4) is 0 Å². The van der Waals surface area contributed by atoms with Crippen LogP contribution in [-0.4, -0.2) is 68.6 Å². The Morgan fingerprint density at radius 1 is 0.833 bits per heavy atom. The maximum atomic E-state index is 5.60. The zero-order valence-electron chi connectivity index (χ0n) is 12.5. The zero-order valence-corrected chi connectivity index (χ0v) is 12.5. The highest BCUT2D eigenvalue weighted by molar-refractivity contribution is 4.73. The van der Waals surface area contributed by atoms with Gasteiger partial charge < -0.3 is 14.4 Å². The molecular weight excluding hydrogens is 228 g/mol. The first-order valence-electron chi connectivity index (χ1n) is 7.33. The van der Waals surface area contributed by atoms with Crippen LogP contribution < -0.4 is 0 Å². The van der Waals surface area contributed by atoms with Gasteiger partial charge >= 0.3 is 0 Å². The molecule has 1 rings (SSSR count). The molecule has 4 heteroatoms. The monoisotopic (exact) mass is 258 g/mol. The van der Waals surface area contributed by atoms with Gasteiger partial charge in [0.25, 0.3) is 0 Å². The second-order valence-corrected chi connectivity index (χ2v) is 5.34. The van der Waals surface area contributed by atoms with Crippen LogP contribution in [-0.2, 0) is 9.47 Å². The third kappa shape index (κ3) is 6.14. The van der Waals surface area contributed by atoms with E-state index in [1.807, 2.05) is 13.8 Å². The fraction of sp³-hybridized carbons (Fsp3) is 1.00. The molecule has 0 aliphatic carbocycles. The Labute approximate surface area is 112 Å². The van der Waals surface area contributed by atoms with Crippen LogP contribution in [0.5, 0.6) is 0 Å². The average Bonchev–Trinajstić information content (AvgIpc) is 2.31. The molecule has 0 aromatic carbocycles. The number of nitrogens with zero attached hydrogens (tertiary/aromatic N) is 2. The van der Waals surface area contributed by atoms with Crippen LogP contribution in [0.4, 0.5) is 0 Å². The fourth-order valence-corrected chi connectivity index (χ4v) is 2.41. The van der Waals surface area contributed by atoms with Gasteiger partial charge in [0.1, 0.15) is 0 Å². The van der Waals surface area contributed by atoms with Crippen molar-refractivity contribution in [3.63, 3.8) is 0 Å². The maximum Gasteiger partial charge on any atom is 0.170 e. The Balaban J connectivity index is 2.24. The van der Waals surface area contributed by atoms with Crippen LogP contribution in [0.1, 0.15) is 27.7 Å². The fourth-order valence-electron chi connectivity index (χ4n) is 2.41.